The van der Waals surface area contributed by atoms with E-state index in [-0.39, 0.29) is 16.0 Å². The lowest BCUT2D eigenvalue weighted by molar-refractivity contribution is 0.584. The molecule has 0 atom stereocenters. The van der Waals surface area contributed by atoms with Gasteiger partial charge >= 0.3 is 0 Å². The summed E-state index contributed by atoms with van der Waals surface area (Å²) in [6.07, 6.45) is 0. The number of sulfonamides is 1. The first-order valence-corrected chi connectivity index (χ1v) is 8.48. The van der Waals surface area contributed by atoms with Gasteiger partial charge in [0.1, 0.15) is 5.82 Å². The van der Waals surface area contributed by atoms with E-state index in [0.717, 1.165) is 5.56 Å². The molecule has 0 bridgehead atoms. The fraction of sp³-hybridized carbons (Fsp3) is 0.294. The van der Waals surface area contributed by atoms with Crippen LogP contribution in [-0.4, -0.2) is 8.42 Å². The van der Waals surface area contributed by atoms with Crippen LogP contribution in [-0.2, 0) is 15.4 Å². The van der Waals surface area contributed by atoms with Gasteiger partial charge in [0.2, 0.25) is 0 Å². The molecule has 22 heavy (non-hydrogen) atoms. The lowest BCUT2D eigenvalue weighted by Crippen LogP contribution is -2.18. The van der Waals surface area contributed by atoms with Crippen molar-refractivity contribution >= 4 is 15.7 Å². The molecule has 0 aliphatic rings. The Morgan fingerprint density at radius 1 is 1.05 bits per heavy atom. The number of aryl methyl sites for hydroxylation is 1. The molecule has 0 saturated carbocycles. The minimum atomic E-state index is -3.84. The molecule has 2 aromatic rings. The van der Waals surface area contributed by atoms with Crippen molar-refractivity contribution in [2.45, 2.75) is 38.0 Å². The van der Waals surface area contributed by atoms with E-state index < -0.39 is 15.8 Å². The first-order valence-electron chi connectivity index (χ1n) is 7.00. The molecule has 0 saturated heterocycles. The third-order valence-corrected chi connectivity index (χ3v) is 4.97. The van der Waals surface area contributed by atoms with Crippen LogP contribution >= 0.6 is 0 Å². The van der Waals surface area contributed by atoms with Gasteiger partial charge < -0.3 is 0 Å². The van der Waals surface area contributed by atoms with E-state index in [4.69, 9.17) is 0 Å². The summed E-state index contributed by atoms with van der Waals surface area (Å²) in [6.45, 7) is 7.76. The molecule has 0 radical (unpaired) electrons. The number of benzene rings is 2. The minimum absolute atomic E-state index is 0.0527. The van der Waals surface area contributed by atoms with Crippen LogP contribution in [0.3, 0.4) is 0 Å². The Bertz CT molecular complexity index is 793. The average molecular weight is 321 g/mol. The highest BCUT2D eigenvalue weighted by Gasteiger charge is 2.22. The first-order chi connectivity index (χ1) is 10.1. The van der Waals surface area contributed by atoms with Crippen molar-refractivity contribution < 1.29 is 12.8 Å². The zero-order valence-electron chi connectivity index (χ0n) is 13.1. The van der Waals surface area contributed by atoms with Crippen molar-refractivity contribution in [3.05, 3.63) is 59.4 Å². The molecule has 5 heteroatoms. The maximum Gasteiger partial charge on any atom is 0.262 e. The Morgan fingerprint density at radius 2 is 1.68 bits per heavy atom. The van der Waals surface area contributed by atoms with Gasteiger partial charge in [0.15, 0.2) is 0 Å². The zero-order valence-corrected chi connectivity index (χ0v) is 14.0. The largest absolute Gasteiger partial charge is 0.277 e. The molecule has 0 aliphatic carbocycles. The van der Waals surface area contributed by atoms with E-state index in [2.05, 4.69) is 4.72 Å². The van der Waals surface area contributed by atoms with Gasteiger partial charge in [-0.3, -0.25) is 4.72 Å². The number of para-hydroxylation sites is 1. The standard InChI is InChI=1S/C17H20FNO2S/c1-12-9-10-13(17(2,3)4)11-16(12)22(20,21)19-15-8-6-5-7-14(15)18/h5-11,19H,1-4H3. The van der Waals surface area contributed by atoms with Crippen molar-refractivity contribution in [3.63, 3.8) is 0 Å². The maximum atomic E-state index is 13.7. The summed E-state index contributed by atoms with van der Waals surface area (Å²) in [4.78, 5) is 0.170. The summed E-state index contributed by atoms with van der Waals surface area (Å²) in [6, 6.07) is 11.1. The Morgan fingerprint density at radius 3 is 2.27 bits per heavy atom. The summed E-state index contributed by atoms with van der Waals surface area (Å²) in [7, 11) is -3.84. The number of hydrogen-bond acceptors (Lipinski definition) is 2. The Kier molecular flexibility index (Phi) is 4.29. The second kappa shape index (κ2) is 5.72. The molecule has 3 nitrogen and oxygen atoms in total. The van der Waals surface area contributed by atoms with E-state index in [1.165, 1.54) is 18.2 Å². The van der Waals surface area contributed by atoms with Crippen molar-refractivity contribution in [3.8, 4) is 0 Å². The number of hydrogen-bond donors (Lipinski definition) is 1. The molecule has 0 fully saturated rings. The summed E-state index contributed by atoms with van der Waals surface area (Å²) in [5.74, 6) is -0.601. The molecule has 2 aromatic carbocycles. The maximum absolute atomic E-state index is 13.7. The third-order valence-electron chi connectivity index (χ3n) is 3.46. The number of nitrogens with one attached hydrogen (secondary N) is 1. The SMILES string of the molecule is Cc1ccc(C(C)(C)C)cc1S(=O)(=O)Nc1ccccc1F. The molecule has 2 rings (SSSR count). The smallest absolute Gasteiger partial charge is 0.262 e. The van der Waals surface area contributed by atoms with Gasteiger partial charge in [0.05, 0.1) is 10.6 Å². The van der Waals surface area contributed by atoms with Crippen molar-refractivity contribution in [1.29, 1.82) is 0 Å². The van der Waals surface area contributed by atoms with Crippen LogP contribution in [0.2, 0.25) is 0 Å². The van der Waals surface area contributed by atoms with E-state index in [0.29, 0.717) is 5.56 Å². The van der Waals surface area contributed by atoms with Gasteiger partial charge in [-0.15, -0.1) is 0 Å². The van der Waals surface area contributed by atoms with Crippen LogP contribution < -0.4 is 4.72 Å². The highest BCUT2D eigenvalue weighted by atomic mass is 32.2. The molecule has 118 valence electrons. The predicted octanol–water partition coefficient (Wildman–Crippen LogP) is 4.23. The van der Waals surface area contributed by atoms with Gasteiger partial charge in [0.25, 0.3) is 10.0 Å². The Labute approximate surface area is 131 Å². The highest BCUT2D eigenvalue weighted by molar-refractivity contribution is 7.92. The van der Waals surface area contributed by atoms with Crippen LogP contribution in [0.15, 0.2) is 47.4 Å². The molecule has 0 aromatic heterocycles. The summed E-state index contributed by atoms with van der Waals surface area (Å²) < 4.78 is 41.1. The van der Waals surface area contributed by atoms with Crippen LogP contribution in [0.25, 0.3) is 0 Å². The van der Waals surface area contributed by atoms with Crippen LogP contribution in [0.5, 0.6) is 0 Å². The monoisotopic (exact) mass is 321 g/mol. The second-order valence-electron chi connectivity index (χ2n) is 6.32. The van der Waals surface area contributed by atoms with E-state index in [9.17, 15) is 12.8 Å². The molecule has 0 spiro atoms. The number of anilines is 1. The fourth-order valence-corrected chi connectivity index (χ4v) is 3.44. The fourth-order valence-electron chi connectivity index (χ4n) is 2.10. The second-order valence-corrected chi connectivity index (χ2v) is 7.97. The quantitative estimate of drug-likeness (QED) is 0.919. The lowest BCUT2D eigenvalue weighted by atomic mass is 9.87. The lowest BCUT2D eigenvalue weighted by Gasteiger charge is -2.21. The van der Waals surface area contributed by atoms with Crippen LogP contribution in [0, 0.1) is 12.7 Å². The Hall–Kier alpha value is -1.88. The number of rotatable bonds is 3. The topological polar surface area (TPSA) is 46.2 Å². The van der Waals surface area contributed by atoms with Crippen LogP contribution in [0.4, 0.5) is 10.1 Å². The van der Waals surface area contributed by atoms with Gasteiger partial charge in [-0.25, -0.2) is 12.8 Å². The normalized spacial score (nSPS) is 12.2. The van der Waals surface area contributed by atoms with Crippen molar-refractivity contribution in [2.24, 2.45) is 0 Å². The van der Waals surface area contributed by atoms with Crippen molar-refractivity contribution in [2.75, 3.05) is 4.72 Å². The molecule has 0 unspecified atom stereocenters. The summed E-state index contributed by atoms with van der Waals surface area (Å²) >= 11 is 0. The van der Waals surface area contributed by atoms with Gasteiger partial charge in [0, 0.05) is 0 Å². The van der Waals surface area contributed by atoms with Crippen molar-refractivity contribution in [1.82, 2.24) is 0 Å². The molecular formula is C17H20FNO2S. The molecule has 1 N–H and O–H groups in total. The number of halogens is 1. The first kappa shape index (κ1) is 16.5. The molecule has 0 amide bonds. The summed E-state index contributed by atoms with van der Waals surface area (Å²) in [5.41, 5.74) is 1.31. The predicted molar refractivity (Wildman–Crippen MR) is 87.1 cm³/mol. The van der Waals surface area contributed by atoms with E-state index in [1.54, 1.807) is 25.1 Å². The molecular weight excluding hydrogens is 301 g/mol. The van der Waals surface area contributed by atoms with E-state index in [1.807, 2.05) is 26.8 Å². The zero-order chi connectivity index (χ0) is 16.5. The Balaban J connectivity index is 2.48. The van der Waals surface area contributed by atoms with Gasteiger partial charge in [-0.1, -0.05) is 45.0 Å². The summed E-state index contributed by atoms with van der Waals surface area (Å²) in [5, 5.41) is 0. The average Bonchev–Trinajstić information content (AvgIpc) is 2.40. The molecule has 0 heterocycles. The highest BCUT2D eigenvalue weighted by Crippen LogP contribution is 2.28. The van der Waals surface area contributed by atoms with Gasteiger partial charge in [-0.2, -0.15) is 0 Å². The minimum Gasteiger partial charge on any atom is -0.277 e. The van der Waals surface area contributed by atoms with Gasteiger partial charge in [-0.05, 0) is 41.7 Å². The molecule has 0 aliphatic heterocycles. The van der Waals surface area contributed by atoms with Crippen LogP contribution in [0.1, 0.15) is 31.9 Å². The van der Waals surface area contributed by atoms with E-state index >= 15 is 0 Å². The third kappa shape index (κ3) is 3.47.